The van der Waals surface area contributed by atoms with Crippen molar-refractivity contribution in [1.82, 2.24) is 0 Å². The minimum Gasteiger partial charge on any atom is -0.488 e. The van der Waals surface area contributed by atoms with E-state index in [-0.39, 0.29) is 27.1 Å². The number of methoxy groups -OCH3 is 1. The van der Waals surface area contributed by atoms with Crippen LogP contribution in [0.25, 0.3) is 0 Å². The summed E-state index contributed by atoms with van der Waals surface area (Å²) in [6.07, 6.45) is 0. The van der Waals surface area contributed by atoms with Crippen LogP contribution >= 0.6 is 22.6 Å². The van der Waals surface area contributed by atoms with E-state index < -0.39 is 20.0 Å². The van der Waals surface area contributed by atoms with Crippen LogP contribution in [0.5, 0.6) is 0 Å². The third-order valence-corrected chi connectivity index (χ3v) is 6.65. The van der Waals surface area contributed by atoms with Gasteiger partial charge in [-0.2, -0.15) is 0 Å². The fourth-order valence-corrected chi connectivity index (χ4v) is 6.56. The van der Waals surface area contributed by atoms with Crippen LogP contribution < -0.4 is 0 Å². The number of carbonyl (C=O) groups excluding carboxylic acids is 2. The Morgan fingerprint density at radius 2 is 2.06 bits per heavy atom. The second-order valence-electron chi connectivity index (χ2n) is 3.17. The summed E-state index contributed by atoms with van der Waals surface area (Å²) < 4.78 is 33.4. The van der Waals surface area contributed by atoms with E-state index >= 15 is 0 Å². The zero-order valence-electron chi connectivity index (χ0n) is 9.38. The zero-order valence-corrected chi connectivity index (χ0v) is 11.8. The highest BCUT2D eigenvalue weighted by Crippen LogP contribution is 2.54. The van der Waals surface area contributed by atoms with Crippen LogP contribution in [0.2, 0.25) is 0 Å². The lowest BCUT2D eigenvalue weighted by Crippen LogP contribution is -2.04. The molecule has 0 atom stereocenters. The van der Waals surface area contributed by atoms with Crippen molar-refractivity contribution < 1.29 is 27.5 Å². The lowest BCUT2D eigenvalue weighted by Gasteiger charge is -2.02. The van der Waals surface area contributed by atoms with Crippen molar-refractivity contribution in [2.75, 3.05) is 13.7 Å². The predicted octanol–water partition coefficient (Wildman–Crippen LogP) is 0.969. The first-order chi connectivity index (χ1) is 8.42. The van der Waals surface area contributed by atoms with Gasteiger partial charge in [0.25, 0.3) is 5.12 Å². The largest absolute Gasteiger partial charge is 0.488 e. The van der Waals surface area contributed by atoms with Crippen molar-refractivity contribution >= 4 is 42.5 Å². The second kappa shape index (κ2) is 4.63. The van der Waals surface area contributed by atoms with Gasteiger partial charge in [0.05, 0.1) is 18.6 Å². The van der Waals surface area contributed by atoms with Crippen LogP contribution in [0.4, 0.5) is 0 Å². The van der Waals surface area contributed by atoms with E-state index in [0.717, 1.165) is 7.11 Å². The summed E-state index contributed by atoms with van der Waals surface area (Å²) >= 11 is 0.679. The van der Waals surface area contributed by atoms with Gasteiger partial charge in [-0.25, -0.2) is 13.2 Å². The third kappa shape index (κ3) is 1.95. The second-order valence-corrected chi connectivity index (χ2v) is 7.86. The van der Waals surface area contributed by atoms with Gasteiger partial charge in [-0.05, 0) is 18.7 Å². The molecule has 0 aromatic carbocycles. The molecule has 18 heavy (non-hydrogen) atoms. The zero-order chi connectivity index (χ0) is 13.5. The minimum atomic E-state index is -3.78. The van der Waals surface area contributed by atoms with E-state index in [1.165, 1.54) is 0 Å². The number of thioether (sulfide) groups is 1. The SMILES string of the molecule is CCOC1=C2C(=C(C(=O)OC)SS2(=O)=O)SC1=O. The molecule has 0 radical (unpaired) electrons. The number of hydrogen-bond acceptors (Lipinski definition) is 8. The van der Waals surface area contributed by atoms with Gasteiger partial charge in [-0.15, -0.1) is 0 Å². The van der Waals surface area contributed by atoms with Gasteiger partial charge in [0.15, 0.2) is 5.76 Å². The van der Waals surface area contributed by atoms with Crippen molar-refractivity contribution in [3.63, 3.8) is 0 Å². The number of fused-ring (bicyclic) bond motifs is 1. The molecule has 0 aromatic heterocycles. The van der Waals surface area contributed by atoms with Gasteiger partial charge >= 0.3 is 5.97 Å². The first-order valence-electron chi connectivity index (χ1n) is 4.79. The summed E-state index contributed by atoms with van der Waals surface area (Å²) in [4.78, 5) is 22.9. The minimum absolute atomic E-state index is 0.0828. The maximum Gasteiger partial charge on any atom is 0.346 e. The van der Waals surface area contributed by atoms with E-state index in [1.54, 1.807) is 6.92 Å². The van der Waals surface area contributed by atoms with Gasteiger partial charge in [0.1, 0.15) is 9.81 Å². The lowest BCUT2D eigenvalue weighted by molar-refractivity contribution is -0.135. The first kappa shape index (κ1) is 13.5. The molecule has 2 rings (SSSR count). The van der Waals surface area contributed by atoms with Crippen LogP contribution in [0.1, 0.15) is 6.92 Å². The Morgan fingerprint density at radius 3 is 2.61 bits per heavy atom. The molecule has 9 heteroatoms. The third-order valence-electron chi connectivity index (χ3n) is 2.10. The number of esters is 1. The number of carbonyl (C=O) groups is 2. The molecular formula is C9H8O6S3. The van der Waals surface area contributed by atoms with Gasteiger partial charge in [-0.1, -0.05) is 0 Å². The summed E-state index contributed by atoms with van der Waals surface area (Å²) in [5.41, 5.74) is 0. The van der Waals surface area contributed by atoms with Gasteiger partial charge in [0, 0.05) is 10.8 Å². The summed E-state index contributed by atoms with van der Waals surface area (Å²) in [6.45, 7) is 1.81. The smallest absolute Gasteiger partial charge is 0.346 e. The molecule has 0 spiro atoms. The fourth-order valence-electron chi connectivity index (χ4n) is 1.44. The summed E-state index contributed by atoms with van der Waals surface area (Å²) in [6, 6.07) is 0. The quantitative estimate of drug-likeness (QED) is 0.563. The molecule has 0 N–H and O–H groups in total. The molecule has 0 aromatic rings. The highest BCUT2D eigenvalue weighted by molar-refractivity contribution is 8.76. The molecule has 98 valence electrons. The molecule has 2 aliphatic rings. The van der Waals surface area contributed by atoms with E-state index in [2.05, 4.69) is 4.74 Å². The monoisotopic (exact) mass is 308 g/mol. The molecule has 2 aliphatic heterocycles. The van der Waals surface area contributed by atoms with Gasteiger partial charge in [0.2, 0.25) is 8.87 Å². The number of ether oxygens (including phenoxy) is 2. The van der Waals surface area contributed by atoms with Crippen molar-refractivity contribution in [2.45, 2.75) is 6.92 Å². The maximum absolute atomic E-state index is 11.9. The highest BCUT2D eigenvalue weighted by atomic mass is 33.1. The molecule has 2 heterocycles. The van der Waals surface area contributed by atoms with Crippen LogP contribution in [0.15, 0.2) is 20.5 Å². The van der Waals surface area contributed by atoms with Crippen molar-refractivity contribution in [1.29, 1.82) is 0 Å². The predicted molar refractivity (Wildman–Crippen MR) is 66.8 cm³/mol. The Bertz CT molecular complexity index is 598. The molecule has 0 unspecified atom stereocenters. The van der Waals surface area contributed by atoms with Crippen LogP contribution in [-0.2, 0) is 27.9 Å². The molecule has 6 nitrogen and oxygen atoms in total. The Morgan fingerprint density at radius 1 is 1.39 bits per heavy atom. The molecule has 0 saturated carbocycles. The van der Waals surface area contributed by atoms with E-state index in [4.69, 9.17) is 4.74 Å². The lowest BCUT2D eigenvalue weighted by atomic mass is 10.4. The Balaban J connectivity index is 2.62. The van der Waals surface area contributed by atoms with Crippen LogP contribution in [0, 0.1) is 0 Å². The topological polar surface area (TPSA) is 86.7 Å². The van der Waals surface area contributed by atoms with E-state index in [1.807, 2.05) is 0 Å². The van der Waals surface area contributed by atoms with Crippen molar-refractivity contribution in [3.05, 3.63) is 20.5 Å². The van der Waals surface area contributed by atoms with Crippen LogP contribution in [-0.4, -0.2) is 33.2 Å². The average molecular weight is 308 g/mol. The maximum atomic E-state index is 11.9. The van der Waals surface area contributed by atoms with E-state index in [9.17, 15) is 18.0 Å². The van der Waals surface area contributed by atoms with Crippen molar-refractivity contribution in [2.24, 2.45) is 0 Å². The standard InChI is InChI=1S/C9H8O6S3/c1-3-15-4-7-5(16-9(4)11)6(8(10)14-2)17-18(7,12)13/h3H2,1-2H3. The van der Waals surface area contributed by atoms with Gasteiger partial charge in [-0.3, -0.25) is 4.79 Å². The average Bonchev–Trinajstić information content (AvgIpc) is 2.76. The Labute approximate surface area is 111 Å². The van der Waals surface area contributed by atoms with Crippen LogP contribution in [0.3, 0.4) is 0 Å². The molecule has 0 fully saturated rings. The number of rotatable bonds is 3. The van der Waals surface area contributed by atoms with Gasteiger partial charge < -0.3 is 9.47 Å². The summed E-state index contributed by atoms with van der Waals surface area (Å²) in [5, 5.41) is -0.507. The molecular weight excluding hydrogens is 300 g/mol. The molecule has 0 saturated heterocycles. The Hall–Kier alpha value is -0.930. The number of hydrogen-bond donors (Lipinski definition) is 0. The van der Waals surface area contributed by atoms with Crippen molar-refractivity contribution in [3.8, 4) is 0 Å². The normalized spacial score (nSPS) is 21.3. The Kier molecular flexibility index (Phi) is 3.47. The molecule has 0 aliphatic carbocycles. The molecule has 0 bridgehead atoms. The summed E-state index contributed by atoms with van der Waals surface area (Å²) in [5.74, 6) is -0.976. The fraction of sp³-hybridized carbons (Fsp3) is 0.333. The highest BCUT2D eigenvalue weighted by Gasteiger charge is 2.48. The summed E-state index contributed by atoms with van der Waals surface area (Å²) in [7, 11) is -2.24. The molecule has 0 amide bonds. The first-order valence-corrected chi connectivity index (χ1v) is 8.42. The van der Waals surface area contributed by atoms with E-state index in [0.29, 0.717) is 22.6 Å².